The zero-order valence-corrected chi connectivity index (χ0v) is 48.1. The van der Waals surface area contributed by atoms with Gasteiger partial charge in [0, 0.05) is 55.6 Å². The highest BCUT2D eigenvalue weighted by atomic mass is 15.0. The second kappa shape index (κ2) is 18.9. The van der Waals surface area contributed by atoms with E-state index in [2.05, 4.69) is 275 Å². The molecule has 12 rings (SSSR count). The molecular formula is C73H70N6. The standard InChI is InChI=1S/C73H70N6/c1-45-27-30-63-58(35-45)55-23-17-20-26-62(55)79(63)66-44-74-34-33-57(66)60-41-48(29-32-65(60)78-61-25-19-18-24-56(61)59-40-47(28-31-64(59)78)46-21-15-14-16-22-46)67-75-68(49-36-51(70(2,3)4)42-52(37-49)71(5,6)7)77-69(76-67)50-38-53(72(8,9)10)43-54(39-50)73(11,12)13/h14-44H,1-13H3. The Morgan fingerprint density at radius 2 is 0.759 bits per heavy atom. The van der Waals surface area contributed by atoms with E-state index in [1.165, 1.54) is 60.5 Å². The zero-order valence-electron chi connectivity index (χ0n) is 48.1. The van der Waals surface area contributed by atoms with Crippen LogP contribution in [-0.4, -0.2) is 29.1 Å². The Morgan fingerprint density at radius 3 is 1.29 bits per heavy atom. The maximum absolute atomic E-state index is 5.57. The van der Waals surface area contributed by atoms with Gasteiger partial charge in [0.25, 0.3) is 0 Å². The quantitative estimate of drug-likeness (QED) is 0.160. The molecule has 0 spiro atoms. The maximum Gasteiger partial charge on any atom is 0.164 e. The van der Waals surface area contributed by atoms with Gasteiger partial charge < -0.3 is 9.13 Å². The second-order valence-corrected chi connectivity index (χ2v) is 25.9. The number of rotatable bonds is 7. The van der Waals surface area contributed by atoms with Gasteiger partial charge >= 0.3 is 0 Å². The van der Waals surface area contributed by atoms with E-state index in [4.69, 9.17) is 19.9 Å². The number of nitrogens with zero attached hydrogens (tertiary/aromatic N) is 6. The average Bonchev–Trinajstić information content (AvgIpc) is 4.18. The van der Waals surface area contributed by atoms with Gasteiger partial charge in [0.2, 0.25) is 0 Å². The average molecular weight is 1030 g/mol. The Kier molecular flexibility index (Phi) is 12.3. The van der Waals surface area contributed by atoms with Crippen molar-refractivity contribution in [1.82, 2.24) is 29.1 Å². The first-order valence-corrected chi connectivity index (χ1v) is 27.9. The Bertz CT molecular complexity index is 4190. The molecule has 0 saturated heterocycles. The van der Waals surface area contributed by atoms with Crippen LogP contribution in [0.4, 0.5) is 0 Å². The van der Waals surface area contributed by atoms with E-state index < -0.39 is 0 Å². The van der Waals surface area contributed by atoms with Crippen LogP contribution in [0.3, 0.4) is 0 Å². The molecule has 6 heteroatoms. The largest absolute Gasteiger partial charge is 0.309 e. The number of hydrogen-bond donors (Lipinski definition) is 0. The lowest BCUT2D eigenvalue weighted by Crippen LogP contribution is -2.17. The smallest absolute Gasteiger partial charge is 0.164 e. The van der Waals surface area contributed by atoms with Crippen molar-refractivity contribution >= 4 is 43.6 Å². The summed E-state index contributed by atoms with van der Waals surface area (Å²) < 4.78 is 4.84. The molecule has 0 aliphatic heterocycles. The Balaban J connectivity index is 1.17. The molecule has 0 amide bonds. The number of hydrogen-bond acceptors (Lipinski definition) is 4. The Morgan fingerprint density at radius 1 is 0.316 bits per heavy atom. The third-order valence-corrected chi connectivity index (χ3v) is 15.9. The monoisotopic (exact) mass is 1030 g/mol. The molecule has 0 radical (unpaired) electrons. The van der Waals surface area contributed by atoms with Crippen LogP contribution in [0.25, 0.3) is 111 Å². The third-order valence-electron chi connectivity index (χ3n) is 15.9. The first-order valence-electron chi connectivity index (χ1n) is 27.9. The fraction of sp³-hybridized carbons (Fsp3) is 0.233. The molecule has 0 bridgehead atoms. The molecule has 6 nitrogen and oxygen atoms in total. The van der Waals surface area contributed by atoms with E-state index in [0.29, 0.717) is 17.5 Å². The summed E-state index contributed by atoms with van der Waals surface area (Å²) in [6.45, 7) is 29.6. The number of aryl methyl sites for hydroxylation is 1. The maximum atomic E-state index is 5.57. The van der Waals surface area contributed by atoms with E-state index in [1.807, 2.05) is 12.4 Å². The van der Waals surface area contributed by atoms with Gasteiger partial charge in [-0.2, -0.15) is 0 Å². The topological polar surface area (TPSA) is 61.4 Å². The lowest BCUT2D eigenvalue weighted by molar-refractivity contribution is 0.568. The van der Waals surface area contributed by atoms with Crippen LogP contribution in [-0.2, 0) is 21.7 Å². The van der Waals surface area contributed by atoms with Gasteiger partial charge in [-0.25, -0.2) is 15.0 Å². The highest BCUT2D eigenvalue weighted by molar-refractivity contribution is 6.12. The van der Waals surface area contributed by atoms with E-state index in [1.54, 1.807) is 0 Å². The summed E-state index contributed by atoms with van der Waals surface area (Å²) >= 11 is 0. The van der Waals surface area contributed by atoms with Crippen LogP contribution in [0, 0.1) is 6.92 Å². The van der Waals surface area contributed by atoms with Gasteiger partial charge in [0.15, 0.2) is 17.5 Å². The fourth-order valence-electron chi connectivity index (χ4n) is 11.3. The first kappa shape index (κ1) is 51.3. The van der Waals surface area contributed by atoms with Gasteiger partial charge in [-0.15, -0.1) is 0 Å². The van der Waals surface area contributed by atoms with Crippen molar-refractivity contribution in [3.05, 3.63) is 216 Å². The van der Waals surface area contributed by atoms with Crippen molar-refractivity contribution in [3.63, 3.8) is 0 Å². The molecule has 79 heavy (non-hydrogen) atoms. The molecule has 4 heterocycles. The molecular weight excluding hydrogens is 961 g/mol. The van der Waals surface area contributed by atoms with E-state index in [-0.39, 0.29) is 21.7 Å². The minimum absolute atomic E-state index is 0.116. The van der Waals surface area contributed by atoms with Gasteiger partial charge in [-0.3, -0.25) is 4.98 Å². The number of benzene rings is 8. The summed E-state index contributed by atoms with van der Waals surface area (Å²) in [5, 5.41) is 4.77. The van der Waals surface area contributed by atoms with Crippen molar-refractivity contribution in [2.45, 2.75) is 112 Å². The number of fused-ring (bicyclic) bond motifs is 6. The van der Waals surface area contributed by atoms with Crippen LogP contribution in [0.15, 0.2) is 188 Å². The van der Waals surface area contributed by atoms with E-state index in [0.717, 1.165) is 61.3 Å². The van der Waals surface area contributed by atoms with Gasteiger partial charge in [-0.05, 0) is 147 Å². The minimum atomic E-state index is -0.116. The second-order valence-electron chi connectivity index (χ2n) is 25.9. The van der Waals surface area contributed by atoms with Crippen LogP contribution in [0.2, 0.25) is 0 Å². The van der Waals surface area contributed by atoms with Crippen LogP contribution in [0.1, 0.15) is 111 Å². The Labute approximate surface area is 465 Å². The SMILES string of the molecule is Cc1ccc2c(c1)c1ccccc1n2-c1cnccc1-c1cc(-c2nc(-c3cc(C(C)(C)C)cc(C(C)(C)C)c3)nc(-c3cc(C(C)(C)C)cc(C(C)(C)C)c3)n2)ccc1-n1c2ccccc2c2cc(-c3ccccc3)ccc21. The highest BCUT2D eigenvalue weighted by Crippen LogP contribution is 2.44. The highest BCUT2D eigenvalue weighted by Gasteiger charge is 2.27. The van der Waals surface area contributed by atoms with Crippen LogP contribution < -0.4 is 0 Å². The molecule has 0 aliphatic rings. The summed E-state index contributed by atoms with van der Waals surface area (Å²) in [4.78, 5) is 21.5. The minimum Gasteiger partial charge on any atom is -0.309 e. The number of para-hydroxylation sites is 2. The van der Waals surface area contributed by atoms with Crippen LogP contribution >= 0.6 is 0 Å². The van der Waals surface area contributed by atoms with Gasteiger partial charge in [0.1, 0.15) is 0 Å². The lowest BCUT2D eigenvalue weighted by Gasteiger charge is -2.26. The van der Waals surface area contributed by atoms with Crippen molar-refractivity contribution in [1.29, 1.82) is 0 Å². The fourth-order valence-corrected chi connectivity index (χ4v) is 11.3. The number of aromatic nitrogens is 6. The molecule has 0 unspecified atom stereocenters. The molecule has 0 saturated carbocycles. The van der Waals surface area contributed by atoms with Gasteiger partial charge in [-0.1, -0.05) is 180 Å². The molecule has 0 fully saturated rings. The van der Waals surface area contributed by atoms with E-state index >= 15 is 0 Å². The van der Waals surface area contributed by atoms with Crippen molar-refractivity contribution in [2.24, 2.45) is 0 Å². The summed E-state index contributed by atoms with van der Waals surface area (Å²) in [6.07, 6.45) is 3.95. The van der Waals surface area contributed by atoms with Gasteiger partial charge in [0.05, 0.1) is 39.6 Å². The molecule has 0 atom stereocenters. The predicted molar refractivity (Wildman–Crippen MR) is 333 cm³/mol. The molecule has 8 aromatic carbocycles. The summed E-state index contributed by atoms with van der Waals surface area (Å²) in [6, 6.07) is 64.7. The zero-order chi connectivity index (χ0) is 55.3. The molecule has 392 valence electrons. The molecule has 0 aliphatic carbocycles. The van der Waals surface area contributed by atoms with Crippen molar-refractivity contribution in [2.75, 3.05) is 0 Å². The lowest BCUT2D eigenvalue weighted by atomic mass is 9.79. The summed E-state index contributed by atoms with van der Waals surface area (Å²) in [5.74, 6) is 1.88. The third kappa shape index (κ3) is 9.41. The van der Waals surface area contributed by atoms with E-state index in [9.17, 15) is 0 Å². The summed E-state index contributed by atoms with van der Waals surface area (Å²) in [5.41, 5.74) is 19.4. The van der Waals surface area contributed by atoms with Crippen molar-refractivity contribution in [3.8, 4) is 67.8 Å². The van der Waals surface area contributed by atoms with Crippen LogP contribution in [0.5, 0.6) is 0 Å². The Hall–Kier alpha value is -8.48. The molecule has 12 aromatic rings. The van der Waals surface area contributed by atoms with Crippen molar-refractivity contribution < 1.29 is 0 Å². The predicted octanol–water partition coefficient (Wildman–Crippen LogP) is 19.3. The first-order chi connectivity index (χ1) is 37.6. The molecule has 0 N–H and O–H groups in total. The normalized spacial score (nSPS) is 12.6. The molecule has 4 aromatic heterocycles. The number of pyridine rings is 1. The summed E-state index contributed by atoms with van der Waals surface area (Å²) in [7, 11) is 0.